The van der Waals surface area contributed by atoms with E-state index in [0.717, 1.165) is 0 Å². The number of piperidine rings is 1. The summed E-state index contributed by atoms with van der Waals surface area (Å²) >= 11 is 0. The van der Waals surface area contributed by atoms with E-state index in [4.69, 9.17) is 5.11 Å². The predicted octanol–water partition coefficient (Wildman–Crippen LogP) is -0.642. The fraction of sp³-hybridized carbons (Fsp3) is 0.833. The number of hydrogen-bond donors (Lipinski definition) is 2. The highest BCUT2D eigenvalue weighted by Crippen LogP contribution is 2.59. The molecule has 1 aliphatic heterocycles. The van der Waals surface area contributed by atoms with E-state index in [1.807, 2.05) is 0 Å². The number of hydrogen-bond acceptors (Lipinski definition) is 2. The number of aliphatic hydroxyl groups excluding tert-OH is 1. The van der Waals surface area contributed by atoms with Crippen LogP contribution in [0, 0.1) is 11.8 Å². The molecule has 1 saturated carbocycles. The van der Waals surface area contributed by atoms with Gasteiger partial charge in [0.2, 0.25) is 5.91 Å². The molecule has 2 aliphatic rings. The molecule has 0 bridgehead atoms. The number of aliphatic hydroxyl groups is 1. The van der Waals surface area contributed by atoms with Crippen molar-refractivity contribution in [1.29, 1.82) is 0 Å². The van der Waals surface area contributed by atoms with Gasteiger partial charge in [-0.3, -0.25) is 4.79 Å². The van der Waals surface area contributed by atoms with E-state index in [1.54, 1.807) is 0 Å². The topological polar surface area (TPSA) is 49.3 Å². The number of halogens is 2. The summed E-state index contributed by atoms with van der Waals surface area (Å²) in [6.45, 7) is -0.400. The molecule has 5 heteroatoms. The number of fused-ring (bicyclic) bond motifs is 1. The maximum atomic E-state index is 12.6. The van der Waals surface area contributed by atoms with Crippen molar-refractivity contribution in [3.05, 3.63) is 0 Å². The monoisotopic (exact) mass is 163 g/mol. The highest BCUT2D eigenvalue weighted by Gasteiger charge is 2.77. The van der Waals surface area contributed by atoms with E-state index in [9.17, 15) is 13.6 Å². The van der Waals surface area contributed by atoms with Gasteiger partial charge in [-0.05, 0) is 0 Å². The fourth-order valence-corrected chi connectivity index (χ4v) is 1.71. The van der Waals surface area contributed by atoms with Crippen LogP contribution in [-0.4, -0.2) is 29.6 Å². The number of amides is 1. The van der Waals surface area contributed by atoms with Crippen molar-refractivity contribution in [3.63, 3.8) is 0 Å². The van der Waals surface area contributed by atoms with Gasteiger partial charge in [0.1, 0.15) is 5.92 Å². The first kappa shape index (κ1) is 6.97. The molecule has 2 N–H and O–H groups in total. The van der Waals surface area contributed by atoms with Crippen LogP contribution in [-0.2, 0) is 4.79 Å². The summed E-state index contributed by atoms with van der Waals surface area (Å²) in [7, 11) is 0. The van der Waals surface area contributed by atoms with Crippen LogP contribution in [0.25, 0.3) is 0 Å². The van der Waals surface area contributed by atoms with Crippen molar-refractivity contribution in [3.8, 4) is 0 Å². The normalized spacial score (nSPS) is 45.0. The van der Waals surface area contributed by atoms with Gasteiger partial charge >= 0.3 is 0 Å². The SMILES string of the molecule is O=C1N[C@H](CO)[C@@H]2[C@H]1C2(F)F. The first-order chi connectivity index (χ1) is 5.09. The summed E-state index contributed by atoms with van der Waals surface area (Å²) < 4.78 is 25.1. The van der Waals surface area contributed by atoms with E-state index in [-0.39, 0.29) is 0 Å². The van der Waals surface area contributed by atoms with Crippen molar-refractivity contribution in [2.75, 3.05) is 6.61 Å². The molecule has 0 unspecified atom stereocenters. The Bertz CT molecular complexity index is 219. The lowest BCUT2D eigenvalue weighted by atomic mass is 10.2. The fourth-order valence-electron chi connectivity index (χ4n) is 1.71. The lowest BCUT2D eigenvalue weighted by molar-refractivity contribution is -0.124. The maximum Gasteiger partial charge on any atom is 0.266 e. The van der Waals surface area contributed by atoms with Gasteiger partial charge in [-0.1, -0.05) is 0 Å². The molecule has 3 nitrogen and oxygen atoms in total. The quantitative estimate of drug-likeness (QED) is 0.540. The van der Waals surface area contributed by atoms with E-state index in [1.165, 1.54) is 0 Å². The molecule has 1 amide bonds. The number of carbonyl (C=O) groups is 1. The third-order valence-corrected chi connectivity index (χ3v) is 2.35. The zero-order valence-electron chi connectivity index (χ0n) is 5.55. The van der Waals surface area contributed by atoms with E-state index < -0.39 is 36.3 Å². The molecule has 1 saturated heterocycles. The van der Waals surface area contributed by atoms with Crippen LogP contribution in [0.5, 0.6) is 0 Å². The molecule has 0 aromatic rings. The van der Waals surface area contributed by atoms with Crippen molar-refractivity contribution in [1.82, 2.24) is 5.32 Å². The van der Waals surface area contributed by atoms with Crippen molar-refractivity contribution < 1.29 is 18.7 Å². The van der Waals surface area contributed by atoms with Gasteiger partial charge in [0, 0.05) is 0 Å². The molecule has 3 atom stereocenters. The Kier molecular flexibility index (Phi) is 1.09. The first-order valence-electron chi connectivity index (χ1n) is 3.38. The highest BCUT2D eigenvalue weighted by molar-refractivity contribution is 5.87. The molecule has 1 heterocycles. The Morgan fingerprint density at radius 2 is 2.27 bits per heavy atom. The lowest BCUT2D eigenvalue weighted by Crippen LogP contribution is -2.37. The minimum atomic E-state index is -2.87. The minimum Gasteiger partial charge on any atom is -0.394 e. The van der Waals surface area contributed by atoms with E-state index >= 15 is 0 Å². The van der Waals surface area contributed by atoms with Crippen LogP contribution in [0.2, 0.25) is 0 Å². The van der Waals surface area contributed by atoms with Crippen LogP contribution in [0.15, 0.2) is 0 Å². The van der Waals surface area contributed by atoms with Gasteiger partial charge in [-0.25, -0.2) is 8.78 Å². The Morgan fingerprint density at radius 1 is 1.64 bits per heavy atom. The number of alkyl halides is 2. The summed E-state index contributed by atoms with van der Waals surface area (Å²) in [6, 6.07) is -0.734. The Hall–Kier alpha value is -0.710. The molecule has 0 aromatic heterocycles. The second-order valence-electron chi connectivity index (χ2n) is 2.98. The van der Waals surface area contributed by atoms with Crippen molar-refractivity contribution in [2.24, 2.45) is 11.8 Å². The van der Waals surface area contributed by atoms with Gasteiger partial charge in [-0.2, -0.15) is 0 Å². The average Bonchev–Trinajstić information content (AvgIpc) is 2.37. The summed E-state index contributed by atoms with van der Waals surface area (Å²) in [5.74, 6) is -5.62. The summed E-state index contributed by atoms with van der Waals surface area (Å²) in [5.41, 5.74) is 0. The summed E-state index contributed by atoms with van der Waals surface area (Å²) in [4.78, 5) is 10.7. The zero-order chi connectivity index (χ0) is 8.22. The molecule has 0 spiro atoms. The molecule has 0 aromatic carbocycles. The third-order valence-electron chi connectivity index (χ3n) is 2.35. The van der Waals surface area contributed by atoms with Gasteiger partial charge in [0.05, 0.1) is 18.6 Å². The Morgan fingerprint density at radius 3 is 2.55 bits per heavy atom. The minimum absolute atomic E-state index is 0.400. The average molecular weight is 163 g/mol. The van der Waals surface area contributed by atoms with Gasteiger partial charge in [0.15, 0.2) is 0 Å². The smallest absolute Gasteiger partial charge is 0.266 e. The summed E-state index contributed by atoms with van der Waals surface area (Å²) in [5, 5.41) is 10.9. The van der Waals surface area contributed by atoms with E-state index in [0.29, 0.717) is 0 Å². The number of nitrogens with one attached hydrogen (secondary N) is 1. The molecule has 0 radical (unpaired) electrons. The number of carbonyl (C=O) groups excluding carboxylic acids is 1. The molecular weight excluding hydrogens is 156 g/mol. The summed E-state index contributed by atoms with van der Waals surface area (Å²) in [6.07, 6.45) is 0. The van der Waals surface area contributed by atoms with Crippen LogP contribution < -0.4 is 5.32 Å². The maximum absolute atomic E-state index is 12.6. The number of rotatable bonds is 1. The second-order valence-corrected chi connectivity index (χ2v) is 2.98. The third kappa shape index (κ3) is 0.663. The van der Waals surface area contributed by atoms with Gasteiger partial charge in [-0.15, -0.1) is 0 Å². The van der Waals surface area contributed by atoms with Crippen LogP contribution in [0.4, 0.5) is 8.78 Å². The molecule has 1 aliphatic carbocycles. The van der Waals surface area contributed by atoms with Crippen molar-refractivity contribution >= 4 is 5.91 Å². The molecule has 2 fully saturated rings. The second kappa shape index (κ2) is 1.72. The molecule has 2 rings (SSSR count). The Balaban J connectivity index is 2.19. The van der Waals surface area contributed by atoms with Crippen LogP contribution in [0.1, 0.15) is 0 Å². The lowest BCUT2D eigenvalue weighted by Gasteiger charge is -2.11. The molecular formula is C6H7F2NO2. The van der Waals surface area contributed by atoms with Gasteiger partial charge in [0.25, 0.3) is 5.92 Å². The van der Waals surface area contributed by atoms with Crippen molar-refractivity contribution in [2.45, 2.75) is 12.0 Å². The highest BCUT2D eigenvalue weighted by atomic mass is 19.3. The Labute approximate surface area is 61.4 Å². The largest absolute Gasteiger partial charge is 0.394 e. The standard InChI is InChI=1S/C6H7F2NO2/c7-6(8)3-2(1-10)9-5(11)4(3)6/h2-4,10H,1H2,(H,9,11)/t2-,3-,4-/m1/s1. The van der Waals surface area contributed by atoms with Gasteiger partial charge < -0.3 is 10.4 Å². The van der Waals surface area contributed by atoms with Crippen LogP contribution >= 0.6 is 0 Å². The first-order valence-corrected chi connectivity index (χ1v) is 3.38. The zero-order valence-corrected chi connectivity index (χ0v) is 5.55. The van der Waals surface area contributed by atoms with Crippen LogP contribution in [0.3, 0.4) is 0 Å². The molecule has 62 valence electrons. The van der Waals surface area contributed by atoms with E-state index in [2.05, 4.69) is 5.32 Å². The predicted molar refractivity (Wildman–Crippen MR) is 30.9 cm³/mol. The molecule has 11 heavy (non-hydrogen) atoms.